The van der Waals surface area contributed by atoms with Crippen molar-refractivity contribution >= 4 is 0 Å². The SMILES string of the molecule is CCCC1(CCC)CC(NCC(C)C)C1. The molecule has 0 bridgehead atoms. The van der Waals surface area contributed by atoms with Gasteiger partial charge >= 0.3 is 0 Å². The molecule has 0 heterocycles. The molecule has 0 spiro atoms. The van der Waals surface area contributed by atoms with Crippen LogP contribution in [-0.4, -0.2) is 12.6 Å². The smallest absolute Gasteiger partial charge is 0.00777 e. The monoisotopic (exact) mass is 211 g/mol. The summed E-state index contributed by atoms with van der Waals surface area (Å²) in [6.45, 7) is 10.4. The van der Waals surface area contributed by atoms with E-state index >= 15 is 0 Å². The second kappa shape index (κ2) is 5.89. The molecule has 1 aliphatic carbocycles. The Kier molecular flexibility index (Phi) is 5.11. The highest BCUT2D eigenvalue weighted by Crippen LogP contribution is 2.48. The molecule has 0 amide bonds. The van der Waals surface area contributed by atoms with Crippen LogP contribution in [0.15, 0.2) is 0 Å². The van der Waals surface area contributed by atoms with E-state index in [0.717, 1.165) is 17.4 Å². The molecule has 1 nitrogen and oxygen atoms in total. The minimum Gasteiger partial charge on any atom is -0.314 e. The summed E-state index contributed by atoms with van der Waals surface area (Å²) in [5, 5.41) is 3.69. The first kappa shape index (κ1) is 13.0. The molecule has 0 aliphatic heterocycles. The fraction of sp³-hybridized carbons (Fsp3) is 1.00. The molecule has 1 aliphatic rings. The Morgan fingerprint density at radius 1 is 1.13 bits per heavy atom. The quantitative estimate of drug-likeness (QED) is 0.671. The van der Waals surface area contributed by atoms with Gasteiger partial charge < -0.3 is 5.32 Å². The van der Waals surface area contributed by atoms with E-state index < -0.39 is 0 Å². The van der Waals surface area contributed by atoms with Gasteiger partial charge in [0.2, 0.25) is 0 Å². The van der Waals surface area contributed by atoms with E-state index in [9.17, 15) is 0 Å². The van der Waals surface area contributed by atoms with Crippen molar-refractivity contribution in [3.63, 3.8) is 0 Å². The second-order valence-electron chi connectivity index (χ2n) is 5.91. The highest BCUT2D eigenvalue weighted by atomic mass is 14.9. The zero-order chi connectivity index (χ0) is 11.3. The maximum atomic E-state index is 3.69. The largest absolute Gasteiger partial charge is 0.314 e. The Hall–Kier alpha value is -0.0400. The third-order valence-corrected chi connectivity index (χ3v) is 3.73. The van der Waals surface area contributed by atoms with Crippen LogP contribution in [0.1, 0.15) is 66.2 Å². The van der Waals surface area contributed by atoms with Crippen LogP contribution in [0.25, 0.3) is 0 Å². The van der Waals surface area contributed by atoms with Crippen LogP contribution in [0.2, 0.25) is 0 Å². The summed E-state index contributed by atoms with van der Waals surface area (Å²) in [6.07, 6.45) is 8.47. The van der Waals surface area contributed by atoms with Gasteiger partial charge in [0.15, 0.2) is 0 Å². The Labute approximate surface area is 96.0 Å². The summed E-state index contributed by atoms with van der Waals surface area (Å²) in [7, 11) is 0. The van der Waals surface area contributed by atoms with E-state index in [4.69, 9.17) is 0 Å². The first-order valence-electron chi connectivity index (χ1n) is 6.85. The molecule has 1 N–H and O–H groups in total. The first-order chi connectivity index (χ1) is 7.12. The van der Waals surface area contributed by atoms with Gasteiger partial charge in [0.25, 0.3) is 0 Å². The zero-order valence-electron chi connectivity index (χ0n) is 11.1. The van der Waals surface area contributed by atoms with Crippen LogP contribution >= 0.6 is 0 Å². The lowest BCUT2D eigenvalue weighted by Gasteiger charge is -2.49. The fourth-order valence-electron chi connectivity index (χ4n) is 3.13. The Bertz CT molecular complexity index is 160. The summed E-state index contributed by atoms with van der Waals surface area (Å²) in [6, 6.07) is 0.825. The first-order valence-corrected chi connectivity index (χ1v) is 6.85. The fourth-order valence-corrected chi connectivity index (χ4v) is 3.13. The van der Waals surface area contributed by atoms with Crippen LogP contribution < -0.4 is 5.32 Å². The van der Waals surface area contributed by atoms with Gasteiger partial charge in [-0.2, -0.15) is 0 Å². The van der Waals surface area contributed by atoms with E-state index in [2.05, 4.69) is 33.0 Å². The summed E-state index contributed by atoms with van der Waals surface area (Å²) >= 11 is 0. The maximum Gasteiger partial charge on any atom is 0.00777 e. The van der Waals surface area contributed by atoms with E-state index in [0.29, 0.717) is 0 Å². The van der Waals surface area contributed by atoms with Crippen molar-refractivity contribution < 1.29 is 0 Å². The lowest BCUT2D eigenvalue weighted by molar-refractivity contribution is 0.0577. The molecule has 0 aromatic rings. The highest BCUT2D eigenvalue weighted by molar-refractivity contribution is 4.97. The van der Waals surface area contributed by atoms with Crippen LogP contribution in [0.5, 0.6) is 0 Å². The molecule has 0 unspecified atom stereocenters. The van der Waals surface area contributed by atoms with Gasteiger partial charge in [-0.3, -0.25) is 0 Å². The van der Waals surface area contributed by atoms with Crippen molar-refractivity contribution in [2.45, 2.75) is 72.3 Å². The van der Waals surface area contributed by atoms with Gasteiger partial charge in [-0.1, -0.05) is 40.5 Å². The standard InChI is InChI=1S/C14H29N/c1-5-7-14(8-6-2)9-13(10-14)15-11-12(3)4/h12-13,15H,5-11H2,1-4H3. The van der Waals surface area contributed by atoms with E-state index in [1.54, 1.807) is 0 Å². The molecule has 90 valence electrons. The number of rotatable bonds is 7. The number of nitrogens with one attached hydrogen (secondary N) is 1. The molecular weight excluding hydrogens is 182 g/mol. The summed E-state index contributed by atoms with van der Waals surface area (Å²) < 4.78 is 0. The predicted octanol–water partition coefficient (Wildman–Crippen LogP) is 3.98. The molecule has 0 aromatic carbocycles. The van der Waals surface area contributed by atoms with Gasteiger partial charge in [0.1, 0.15) is 0 Å². The molecule has 0 aromatic heterocycles. The molecule has 0 atom stereocenters. The van der Waals surface area contributed by atoms with Crippen molar-refractivity contribution in [2.75, 3.05) is 6.54 Å². The average molecular weight is 211 g/mol. The molecule has 1 fully saturated rings. The van der Waals surface area contributed by atoms with Crippen molar-refractivity contribution in [3.8, 4) is 0 Å². The predicted molar refractivity (Wildman–Crippen MR) is 68.1 cm³/mol. The van der Waals surface area contributed by atoms with Crippen LogP contribution in [0, 0.1) is 11.3 Å². The van der Waals surface area contributed by atoms with Gasteiger partial charge in [-0.25, -0.2) is 0 Å². The van der Waals surface area contributed by atoms with Crippen molar-refractivity contribution in [1.82, 2.24) is 5.32 Å². The molecule has 0 radical (unpaired) electrons. The normalized spacial score (nSPS) is 20.6. The van der Waals surface area contributed by atoms with Crippen LogP contribution in [-0.2, 0) is 0 Å². The Balaban J connectivity index is 2.24. The maximum absolute atomic E-state index is 3.69. The second-order valence-corrected chi connectivity index (χ2v) is 5.91. The zero-order valence-corrected chi connectivity index (χ0v) is 11.1. The van der Waals surface area contributed by atoms with Crippen molar-refractivity contribution in [3.05, 3.63) is 0 Å². The van der Waals surface area contributed by atoms with Crippen LogP contribution in [0.3, 0.4) is 0 Å². The molecule has 1 rings (SSSR count). The molecule has 1 heteroatoms. The summed E-state index contributed by atoms with van der Waals surface area (Å²) in [5.74, 6) is 0.789. The van der Waals surface area contributed by atoms with E-state index in [-0.39, 0.29) is 0 Å². The van der Waals surface area contributed by atoms with Gasteiger partial charge in [-0.05, 0) is 43.6 Å². The third kappa shape index (κ3) is 3.79. The van der Waals surface area contributed by atoms with Crippen molar-refractivity contribution in [2.24, 2.45) is 11.3 Å². The number of hydrogen-bond donors (Lipinski definition) is 1. The van der Waals surface area contributed by atoms with Gasteiger partial charge in [0, 0.05) is 6.04 Å². The third-order valence-electron chi connectivity index (χ3n) is 3.73. The van der Waals surface area contributed by atoms with Gasteiger partial charge in [0.05, 0.1) is 0 Å². The van der Waals surface area contributed by atoms with Crippen molar-refractivity contribution in [1.29, 1.82) is 0 Å². The average Bonchev–Trinajstić information content (AvgIpc) is 2.11. The molecular formula is C14H29N. The van der Waals surface area contributed by atoms with Gasteiger partial charge in [-0.15, -0.1) is 0 Å². The Morgan fingerprint density at radius 3 is 2.07 bits per heavy atom. The summed E-state index contributed by atoms with van der Waals surface area (Å²) in [5.41, 5.74) is 0.720. The minimum absolute atomic E-state index is 0.720. The van der Waals surface area contributed by atoms with Crippen LogP contribution in [0.4, 0.5) is 0 Å². The summed E-state index contributed by atoms with van der Waals surface area (Å²) in [4.78, 5) is 0. The molecule has 15 heavy (non-hydrogen) atoms. The topological polar surface area (TPSA) is 12.0 Å². The molecule has 1 saturated carbocycles. The number of hydrogen-bond acceptors (Lipinski definition) is 1. The lowest BCUT2D eigenvalue weighted by atomic mass is 9.61. The van der Waals surface area contributed by atoms with E-state index in [1.807, 2.05) is 0 Å². The highest BCUT2D eigenvalue weighted by Gasteiger charge is 2.41. The van der Waals surface area contributed by atoms with E-state index in [1.165, 1.54) is 45.1 Å². The Morgan fingerprint density at radius 2 is 1.67 bits per heavy atom. The molecule has 0 saturated heterocycles. The lowest BCUT2D eigenvalue weighted by Crippen LogP contribution is -2.49. The minimum atomic E-state index is 0.720.